The van der Waals surface area contributed by atoms with Gasteiger partial charge in [-0.15, -0.1) is 0 Å². The molecule has 8 heteroatoms. The third kappa shape index (κ3) is 1.92. The van der Waals surface area contributed by atoms with Crippen LogP contribution in [0.3, 0.4) is 0 Å². The van der Waals surface area contributed by atoms with Crippen LogP contribution in [0, 0.1) is 21.7 Å². The van der Waals surface area contributed by atoms with Crippen molar-refractivity contribution in [2.75, 3.05) is 5.73 Å². The average Bonchev–Trinajstić information content (AvgIpc) is 2.68. The molecule has 1 aromatic carbocycles. The maximum atomic E-state index is 13.1. The summed E-state index contributed by atoms with van der Waals surface area (Å²) in [5.74, 6) is -2.89. The van der Waals surface area contributed by atoms with Crippen LogP contribution in [0.2, 0.25) is 0 Å². The second kappa shape index (κ2) is 3.81. The Balaban J connectivity index is 2.60. The van der Waals surface area contributed by atoms with E-state index in [9.17, 15) is 18.9 Å². The summed E-state index contributed by atoms with van der Waals surface area (Å²) in [7, 11) is 0. The van der Waals surface area contributed by atoms with Crippen molar-refractivity contribution < 1.29 is 18.2 Å². The van der Waals surface area contributed by atoms with Gasteiger partial charge in [-0.05, 0) is 6.07 Å². The van der Waals surface area contributed by atoms with E-state index in [1.165, 1.54) is 6.07 Å². The number of hydrogen-bond acceptors (Lipinski definition) is 5. The van der Waals surface area contributed by atoms with Gasteiger partial charge in [-0.3, -0.25) is 10.1 Å². The van der Waals surface area contributed by atoms with E-state index in [0.29, 0.717) is 0 Å². The minimum atomic E-state index is -1.52. The van der Waals surface area contributed by atoms with Crippen molar-refractivity contribution in [3.05, 3.63) is 39.9 Å². The molecule has 6 nitrogen and oxygen atoms in total. The number of aromatic nitrogens is 1. The van der Waals surface area contributed by atoms with Crippen LogP contribution in [-0.4, -0.2) is 10.1 Å². The second-order valence-electron chi connectivity index (χ2n) is 3.16. The molecule has 0 aliphatic rings. The number of nitro groups is 1. The Kier molecular flexibility index (Phi) is 2.47. The molecule has 0 amide bonds. The molecule has 88 valence electrons. The van der Waals surface area contributed by atoms with E-state index < -0.39 is 22.2 Å². The van der Waals surface area contributed by atoms with E-state index >= 15 is 0 Å². The van der Waals surface area contributed by atoms with Gasteiger partial charge in [-0.2, -0.15) is 4.39 Å². The quantitative estimate of drug-likeness (QED) is 0.641. The summed E-state index contributed by atoms with van der Waals surface area (Å²) in [5, 5.41) is 13.9. The highest BCUT2D eigenvalue weighted by Crippen LogP contribution is 2.28. The summed E-state index contributed by atoms with van der Waals surface area (Å²) in [5.41, 5.74) is 4.38. The highest BCUT2D eigenvalue weighted by atomic mass is 19.2. The lowest BCUT2D eigenvalue weighted by Crippen LogP contribution is -1.96. The highest BCUT2D eigenvalue weighted by molar-refractivity contribution is 5.64. The van der Waals surface area contributed by atoms with Gasteiger partial charge >= 0.3 is 5.69 Å². The van der Waals surface area contributed by atoms with Gasteiger partial charge in [0.15, 0.2) is 5.82 Å². The zero-order chi connectivity index (χ0) is 12.6. The van der Waals surface area contributed by atoms with E-state index in [-0.39, 0.29) is 17.1 Å². The molecule has 17 heavy (non-hydrogen) atoms. The Bertz CT molecular complexity index is 597. The summed E-state index contributed by atoms with van der Waals surface area (Å²) < 4.78 is 30.7. The van der Waals surface area contributed by atoms with Crippen LogP contribution in [0.5, 0.6) is 0 Å². The predicted octanol–water partition coefficient (Wildman–Crippen LogP) is 2.11. The van der Waals surface area contributed by atoms with Crippen molar-refractivity contribution >= 4 is 11.6 Å². The van der Waals surface area contributed by atoms with Crippen LogP contribution in [0.15, 0.2) is 22.7 Å². The van der Waals surface area contributed by atoms with Crippen LogP contribution < -0.4 is 5.73 Å². The SMILES string of the molecule is Nc1cc(-c2cc(F)c(F)c([N+](=O)[O-])c2)no1. The first kappa shape index (κ1) is 11.0. The molecule has 2 rings (SSSR count). The van der Waals surface area contributed by atoms with Gasteiger partial charge in [0, 0.05) is 17.7 Å². The Hall–Kier alpha value is -2.51. The largest absolute Gasteiger partial charge is 0.368 e. The maximum absolute atomic E-state index is 13.1. The lowest BCUT2D eigenvalue weighted by atomic mass is 10.1. The van der Waals surface area contributed by atoms with Crippen molar-refractivity contribution in [3.8, 4) is 11.3 Å². The van der Waals surface area contributed by atoms with Crippen LogP contribution in [-0.2, 0) is 0 Å². The number of rotatable bonds is 2. The standard InChI is InChI=1S/C9H5F2N3O3/c10-5-1-4(6-3-8(12)17-13-6)2-7(9(5)11)14(15)16/h1-3H,12H2. The first-order chi connectivity index (χ1) is 7.99. The van der Waals surface area contributed by atoms with Crippen LogP contribution in [0.1, 0.15) is 0 Å². The van der Waals surface area contributed by atoms with E-state index in [2.05, 4.69) is 9.68 Å². The summed E-state index contributed by atoms with van der Waals surface area (Å²) >= 11 is 0. The topological polar surface area (TPSA) is 95.2 Å². The van der Waals surface area contributed by atoms with Crippen molar-refractivity contribution in [1.82, 2.24) is 5.16 Å². The Morgan fingerprint density at radius 3 is 2.59 bits per heavy atom. The molecule has 0 aliphatic heterocycles. The molecular weight excluding hydrogens is 236 g/mol. The molecule has 0 unspecified atom stereocenters. The number of nitro benzene ring substituents is 1. The Morgan fingerprint density at radius 1 is 1.35 bits per heavy atom. The zero-order valence-electron chi connectivity index (χ0n) is 8.18. The second-order valence-corrected chi connectivity index (χ2v) is 3.16. The van der Waals surface area contributed by atoms with Crippen molar-refractivity contribution in [2.24, 2.45) is 0 Å². The molecule has 1 aromatic heterocycles. The molecule has 0 spiro atoms. The van der Waals surface area contributed by atoms with Gasteiger partial charge < -0.3 is 10.3 Å². The predicted molar refractivity (Wildman–Crippen MR) is 52.9 cm³/mol. The molecule has 0 atom stereocenters. The van der Waals surface area contributed by atoms with Crippen molar-refractivity contribution in [2.45, 2.75) is 0 Å². The fraction of sp³-hybridized carbons (Fsp3) is 0. The third-order valence-electron chi connectivity index (χ3n) is 2.03. The molecule has 0 saturated heterocycles. The van der Waals surface area contributed by atoms with Gasteiger partial charge in [0.2, 0.25) is 11.7 Å². The van der Waals surface area contributed by atoms with Crippen LogP contribution in [0.25, 0.3) is 11.3 Å². The number of benzene rings is 1. The summed E-state index contributed by atoms with van der Waals surface area (Å²) in [6, 6.07) is 2.88. The summed E-state index contributed by atoms with van der Waals surface area (Å²) in [6.45, 7) is 0. The van der Waals surface area contributed by atoms with Gasteiger partial charge in [0.25, 0.3) is 0 Å². The molecule has 0 bridgehead atoms. The molecule has 2 N–H and O–H groups in total. The average molecular weight is 241 g/mol. The van der Waals surface area contributed by atoms with Crippen molar-refractivity contribution in [1.29, 1.82) is 0 Å². The van der Waals surface area contributed by atoms with E-state index in [1.54, 1.807) is 0 Å². The number of anilines is 1. The number of nitrogen functional groups attached to an aromatic ring is 1. The molecule has 0 radical (unpaired) electrons. The van der Waals surface area contributed by atoms with Gasteiger partial charge in [0.1, 0.15) is 5.69 Å². The van der Waals surface area contributed by atoms with E-state index in [1.807, 2.05) is 0 Å². The monoisotopic (exact) mass is 241 g/mol. The summed E-state index contributed by atoms with van der Waals surface area (Å²) in [6.07, 6.45) is 0. The smallest absolute Gasteiger partial charge is 0.308 e. The maximum Gasteiger partial charge on any atom is 0.308 e. The molecule has 0 fully saturated rings. The number of hydrogen-bond donors (Lipinski definition) is 1. The molecule has 0 saturated carbocycles. The lowest BCUT2D eigenvalue weighted by molar-refractivity contribution is -0.387. The van der Waals surface area contributed by atoms with Gasteiger partial charge in [0.05, 0.1) is 4.92 Å². The molecule has 2 aromatic rings. The van der Waals surface area contributed by atoms with Gasteiger partial charge in [-0.25, -0.2) is 4.39 Å². The highest BCUT2D eigenvalue weighted by Gasteiger charge is 2.21. The normalized spacial score (nSPS) is 10.5. The minimum Gasteiger partial charge on any atom is -0.368 e. The van der Waals surface area contributed by atoms with Crippen LogP contribution in [0.4, 0.5) is 20.4 Å². The van der Waals surface area contributed by atoms with Crippen LogP contribution >= 0.6 is 0 Å². The Morgan fingerprint density at radius 2 is 2.06 bits per heavy atom. The minimum absolute atomic E-state index is 0.0102. The number of nitrogens with zero attached hydrogens (tertiary/aromatic N) is 2. The van der Waals surface area contributed by atoms with E-state index in [0.717, 1.165) is 12.1 Å². The summed E-state index contributed by atoms with van der Waals surface area (Å²) in [4.78, 5) is 9.47. The molecular formula is C9H5F2N3O3. The third-order valence-corrected chi connectivity index (χ3v) is 2.03. The van der Waals surface area contributed by atoms with Gasteiger partial charge in [-0.1, -0.05) is 5.16 Å². The molecule has 1 heterocycles. The fourth-order valence-corrected chi connectivity index (χ4v) is 1.28. The van der Waals surface area contributed by atoms with Crippen molar-refractivity contribution in [3.63, 3.8) is 0 Å². The Labute approximate surface area is 92.8 Å². The first-order valence-corrected chi connectivity index (χ1v) is 4.35. The number of nitrogens with two attached hydrogens (primary N) is 1. The molecule has 0 aliphatic carbocycles. The fourth-order valence-electron chi connectivity index (χ4n) is 1.28. The number of halogens is 2. The lowest BCUT2D eigenvalue weighted by Gasteiger charge is -1.99. The van der Waals surface area contributed by atoms with E-state index in [4.69, 9.17) is 5.73 Å². The first-order valence-electron chi connectivity index (χ1n) is 4.35. The zero-order valence-corrected chi connectivity index (χ0v) is 8.18.